The van der Waals surface area contributed by atoms with E-state index in [2.05, 4.69) is 24.2 Å². The number of likely N-dealkylation sites (N-methyl/N-ethyl adjacent to an activating group) is 1. The fourth-order valence-corrected chi connectivity index (χ4v) is 2.84. The minimum atomic E-state index is -0.200. The number of nitrogens with zero attached hydrogens (tertiary/aromatic N) is 2. The highest BCUT2D eigenvalue weighted by molar-refractivity contribution is 8.14. The molecule has 0 bridgehead atoms. The van der Waals surface area contributed by atoms with Crippen molar-refractivity contribution in [3.05, 3.63) is 0 Å². The van der Waals surface area contributed by atoms with Crippen molar-refractivity contribution in [2.45, 2.75) is 39.3 Å². The fourth-order valence-electron chi connectivity index (χ4n) is 1.79. The summed E-state index contributed by atoms with van der Waals surface area (Å²) in [5.41, 5.74) is 0. The van der Waals surface area contributed by atoms with E-state index >= 15 is 0 Å². The Hall–Kier alpha value is -0.710. The Morgan fingerprint density at radius 1 is 1.53 bits per heavy atom. The molecule has 1 N–H and O–H groups in total. The number of amidine groups is 1. The lowest BCUT2D eigenvalue weighted by molar-refractivity contribution is -0.130. The second-order valence-corrected chi connectivity index (χ2v) is 6.14. The van der Waals surface area contributed by atoms with E-state index in [1.54, 1.807) is 30.8 Å². The summed E-state index contributed by atoms with van der Waals surface area (Å²) in [6.45, 7) is 6.30. The van der Waals surface area contributed by atoms with Gasteiger partial charge in [-0.05, 0) is 19.3 Å². The molecule has 98 valence electrons. The van der Waals surface area contributed by atoms with Crippen molar-refractivity contribution in [3.63, 3.8) is 0 Å². The number of carbonyl (C=O) groups is 1. The summed E-state index contributed by atoms with van der Waals surface area (Å²) < 4.78 is 0. The molecule has 1 amide bonds. The third kappa shape index (κ3) is 4.58. The van der Waals surface area contributed by atoms with Gasteiger partial charge in [0.1, 0.15) is 6.04 Å². The molecule has 0 saturated heterocycles. The molecule has 0 fully saturated rings. The number of nitrogens with one attached hydrogen (secondary N) is 1. The maximum atomic E-state index is 11.7. The van der Waals surface area contributed by atoms with Crippen LogP contribution in [0.3, 0.4) is 0 Å². The predicted octanol–water partition coefficient (Wildman–Crippen LogP) is 1.57. The summed E-state index contributed by atoms with van der Waals surface area (Å²) in [4.78, 5) is 17.9. The van der Waals surface area contributed by atoms with E-state index in [1.807, 2.05) is 6.92 Å². The van der Waals surface area contributed by atoms with Crippen molar-refractivity contribution in [2.24, 2.45) is 10.9 Å². The lowest BCUT2D eigenvalue weighted by Gasteiger charge is -2.18. The van der Waals surface area contributed by atoms with Crippen LogP contribution in [-0.4, -0.2) is 47.9 Å². The topological polar surface area (TPSA) is 44.7 Å². The van der Waals surface area contributed by atoms with Gasteiger partial charge >= 0.3 is 0 Å². The number of rotatable bonds is 4. The van der Waals surface area contributed by atoms with Gasteiger partial charge in [0.25, 0.3) is 0 Å². The lowest BCUT2D eigenvalue weighted by atomic mass is 10.1. The molecule has 0 aromatic carbocycles. The van der Waals surface area contributed by atoms with E-state index in [0.29, 0.717) is 12.0 Å². The third-order valence-corrected chi connectivity index (χ3v) is 3.66. The van der Waals surface area contributed by atoms with Crippen LogP contribution >= 0.6 is 11.8 Å². The number of aliphatic imine (C=N–C) groups is 1. The zero-order valence-corrected chi connectivity index (χ0v) is 12.2. The van der Waals surface area contributed by atoms with Gasteiger partial charge in [0, 0.05) is 19.8 Å². The quantitative estimate of drug-likeness (QED) is 0.831. The molecule has 0 aliphatic carbocycles. The second-order valence-electron chi connectivity index (χ2n) is 5.13. The largest absolute Gasteiger partial charge is 0.353 e. The van der Waals surface area contributed by atoms with Crippen molar-refractivity contribution < 1.29 is 4.79 Å². The summed E-state index contributed by atoms with van der Waals surface area (Å²) in [5, 5.41) is 4.10. The van der Waals surface area contributed by atoms with E-state index in [4.69, 9.17) is 0 Å². The van der Waals surface area contributed by atoms with Gasteiger partial charge in [0.2, 0.25) is 5.91 Å². The number of hydrogen-bond donors (Lipinski definition) is 1. The van der Waals surface area contributed by atoms with Crippen molar-refractivity contribution >= 4 is 22.8 Å². The Kier molecular flexibility index (Phi) is 5.31. The summed E-state index contributed by atoms with van der Waals surface area (Å²) in [7, 11) is 3.54. The highest BCUT2D eigenvalue weighted by atomic mass is 32.2. The Balaban J connectivity index is 2.45. The lowest BCUT2D eigenvalue weighted by Crippen LogP contribution is -2.43. The van der Waals surface area contributed by atoms with Gasteiger partial charge in [-0.15, -0.1) is 0 Å². The average molecular weight is 257 g/mol. The Morgan fingerprint density at radius 2 is 2.18 bits per heavy atom. The van der Waals surface area contributed by atoms with Crippen LogP contribution < -0.4 is 5.32 Å². The summed E-state index contributed by atoms with van der Waals surface area (Å²) >= 11 is 1.72. The summed E-state index contributed by atoms with van der Waals surface area (Å²) in [6, 6.07) is 0.207. The third-order valence-electron chi connectivity index (χ3n) is 2.61. The molecule has 1 heterocycles. The van der Waals surface area contributed by atoms with Crippen LogP contribution in [0, 0.1) is 5.92 Å². The number of carbonyl (C=O) groups excluding carboxylic acids is 1. The molecular weight excluding hydrogens is 234 g/mol. The van der Waals surface area contributed by atoms with Crippen molar-refractivity contribution in [1.82, 2.24) is 10.2 Å². The van der Waals surface area contributed by atoms with Crippen LogP contribution in [0.15, 0.2) is 4.99 Å². The minimum Gasteiger partial charge on any atom is -0.353 e. The van der Waals surface area contributed by atoms with Gasteiger partial charge in [-0.3, -0.25) is 9.79 Å². The normalized spacial score (nSPS) is 21.3. The van der Waals surface area contributed by atoms with Crippen LogP contribution in [0.4, 0.5) is 0 Å². The standard InChI is InChI=1S/C12H23N3OS/c1-8(2)6-10-7-17-12(14-10)13-9(3)11(16)15(4)5/h8-10H,6-7H2,1-5H3,(H,13,14). The van der Waals surface area contributed by atoms with Gasteiger partial charge in [-0.2, -0.15) is 0 Å². The van der Waals surface area contributed by atoms with Crippen molar-refractivity contribution in [1.29, 1.82) is 0 Å². The van der Waals surface area contributed by atoms with Crippen molar-refractivity contribution in [3.8, 4) is 0 Å². The monoisotopic (exact) mass is 257 g/mol. The van der Waals surface area contributed by atoms with Gasteiger partial charge in [-0.1, -0.05) is 25.6 Å². The Bertz CT molecular complexity index is 302. The molecule has 0 aromatic rings. The zero-order chi connectivity index (χ0) is 13.0. The van der Waals surface area contributed by atoms with Gasteiger partial charge in [0.15, 0.2) is 5.17 Å². The molecule has 17 heavy (non-hydrogen) atoms. The van der Waals surface area contributed by atoms with Gasteiger partial charge < -0.3 is 10.2 Å². The van der Waals surface area contributed by atoms with Gasteiger partial charge in [0.05, 0.1) is 6.04 Å². The van der Waals surface area contributed by atoms with Crippen molar-refractivity contribution in [2.75, 3.05) is 19.8 Å². The second kappa shape index (κ2) is 6.28. The van der Waals surface area contributed by atoms with E-state index < -0.39 is 0 Å². The zero-order valence-electron chi connectivity index (χ0n) is 11.4. The smallest absolute Gasteiger partial charge is 0.244 e. The average Bonchev–Trinajstić information content (AvgIpc) is 2.63. The van der Waals surface area contributed by atoms with Crippen LogP contribution in [0.1, 0.15) is 27.2 Å². The fraction of sp³-hybridized carbons (Fsp3) is 0.833. The van der Waals surface area contributed by atoms with Crippen LogP contribution in [0.5, 0.6) is 0 Å². The van der Waals surface area contributed by atoms with E-state index in [9.17, 15) is 4.79 Å². The molecule has 2 atom stereocenters. The molecule has 0 spiro atoms. The van der Waals surface area contributed by atoms with Crippen LogP contribution in [0.2, 0.25) is 0 Å². The first-order valence-corrected chi connectivity index (χ1v) is 7.07. The molecule has 0 aromatic heterocycles. The molecule has 2 unspecified atom stereocenters. The summed E-state index contributed by atoms with van der Waals surface area (Å²) in [5.74, 6) is 1.79. The molecule has 1 rings (SSSR count). The molecule has 0 saturated carbocycles. The first-order chi connectivity index (χ1) is 7.90. The molecule has 1 aliphatic rings. The molecular formula is C12H23N3OS. The first kappa shape index (κ1) is 14.4. The maximum absolute atomic E-state index is 11.7. The van der Waals surface area contributed by atoms with E-state index in [1.165, 1.54) is 0 Å². The van der Waals surface area contributed by atoms with Crippen LogP contribution in [0.25, 0.3) is 0 Å². The first-order valence-electron chi connectivity index (χ1n) is 6.08. The van der Waals surface area contributed by atoms with E-state index in [-0.39, 0.29) is 11.9 Å². The number of thioether (sulfide) groups is 1. The van der Waals surface area contributed by atoms with Gasteiger partial charge in [-0.25, -0.2) is 0 Å². The number of amides is 1. The predicted molar refractivity (Wildman–Crippen MR) is 74.4 cm³/mol. The SMILES string of the molecule is CC(C)CC1CSC(NC(C)C(=O)N(C)C)=N1. The maximum Gasteiger partial charge on any atom is 0.244 e. The minimum absolute atomic E-state index is 0.0839. The molecule has 1 aliphatic heterocycles. The molecule has 0 radical (unpaired) electrons. The molecule has 4 nitrogen and oxygen atoms in total. The highest BCUT2D eigenvalue weighted by Crippen LogP contribution is 2.22. The van der Waals surface area contributed by atoms with E-state index in [0.717, 1.165) is 17.3 Å². The highest BCUT2D eigenvalue weighted by Gasteiger charge is 2.22. The molecule has 5 heteroatoms. The Morgan fingerprint density at radius 3 is 2.71 bits per heavy atom. The Labute approximate surface area is 108 Å². The van der Waals surface area contributed by atoms with Crippen LogP contribution in [-0.2, 0) is 4.79 Å². The summed E-state index contributed by atoms with van der Waals surface area (Å²) in [6.07, 6.45) is 1.12. The number of hydrogen-bond acceptors (Lipinski definition) is 4.